The van der Waals surface area contributed by atoms with Gasteiger partial charge in [0.15, 0.2) is 0 Å². The maximum atomic E-state index is 11.9. The van der Waals surface area contributed by atoms with Gasteiger partial charge in [-0.1, -0.05) is 12.1 Å². The van der Waals surface area contributed by atoms with Gasteiger partial charge in [-0.3, -0.25) is 10.1 Å². The number of hydrogen-bond donors (Lipinski definition) is 0. The maximum Gasteiger partial charge on any atom is 0.342 e. The highest BCUT2D eigenvalue weighted by Gasteiger charge is 2.18. The van der Waals surface area contributed by atoms with E-state index in [-0.39, 0.29) is 5.69 Å². The minimum atomic E-state index is -0.586. The minimum absolute atomic E-state index is 0.0371. The van der Waals surface area contributed by atoms with E-state index in [2.05, 4.69) is 0 Å². The summed E-state index contributed by atoms with van der Waals surface area (Å²) < 4.78 is 10.3. The van der Waals surface area contributed by atoms with Gasteiger partial charge < -0.3 is 9.15 Å². The number of nitrogens with zero attached hydrogens (tertiary/aromatic N) is 1. The van der Waals surface area contributed by atoms with Crippen LogP contribution in [0.4, 0.5) is 5.69 Å². The fourth-order valence-corrected chi connectivity index (χ4v) is 1.78. The molecule has 2 rings (SSSR count). The molecule has 0 N–H and O–H groups in total. The molecule has 0 amide bonds. The number of benzene rings is 1. The SMILES string of the molecule is Cc1occc1C(=O)OC(C)c1cccc([N+](=O)[O-])c1. The molecule has 2 aromatic rings. The molecule has 6 heteroatoms. The number of non-ortho nitro benzene ring substituents is 1. The van der Waals surface area contributed by atoms with E-state index in [1.807, 2.05) is 0 Å². The Bertz CT molecular complexity index is 647. The molecular weight excluding hydrogens is 262 g/mol. The molecule has 0 aliphatic rings. The average Bonchev–Trinajstić information content (AvgIpc) is 2.85. The third kappa shape index (κ3) is 2.85. The van der Waals surface area contributed by atoms with Gasteiger partial charge in [0.1, 0.15) is 17.4 Å². The summed E-state index contributed by atoms with van der Waals surface area (Å²) in [6.45, 7) is 3.32. The van der Waals surface area contributed by atoms with E-state index in [0.717, 1.165) is 0 Å². The van der Waals surface area contributed by atoms with Crippen molar-refractivity contribution in [2.45, 2.75) is 20.0 Å². The molecule has 20 heavy (non-hydrogen) atoms. The lowest BCUT2D eigenvalue weighted by Gasteiger charge is -2.13. The third-order valence-corrected chi connectivity index (χ3v) is 2.91. The second-order valence-electron chi connectivity index (χ2n) is 4.29. The van der Waals surface area contributed by atoms with Crippen LogP contribution in [0.3, 0.4) is 0 Å². The van der Waals surface area contributed by atoms with Crippen molar-refractivity contribution >= 4 is 11.7 Å². The topological polar surface area (TPSA) is 82.6 Å². The first kappa shape index (κ1) is 13.8. The van der Waals surface area contributed by atoms with Gasteiger partial charge in [0.2, 0.25) is 0 Å². The zero-order chi connectivity index (χ0) is 14.7. The van der Waals surface area contributed by atoms with Crippen molar-refractivity contribution in [2.75, 3.05) is 0 Å². The molecule has 0 aliphatic carbocycles. The molecule has 1 atom stereocenters. The Morgan fingerprint density at radius 1 is 1.40 bits per heavy atom. The standard InChI is InChI=1S/C14H13NO5/c1-9(11-4-3-5-12(8-11)15(17)18)20-14(16)13-6-7-19-10(13)2/h3-9H,1-2H3. The van der Waals surface area contributed by atoms with Gasteiger partial charge in [0.25, 0.3) is 5.69 Å². The molecule has 0 fully saturated rings. The Hall–Kier alpha value is -2.63. The molecule has 0 saturated carbocycles. The highest BCUT2D eigenvalue weighted by Crippen LogP contribution is 2.23. The van der Waals surface area contributed by atoms with Crippen LogP contribution in [0.25, 0.3) is 0 Å². The van der Waals surface area contributed by atoms with Crippen molar-refractivity contribution in [3.05, 3.63) is 63.6 Å². The molecule has 1 aromatic carbocycles. The van der Waals surface area contributed by atoms with E-state index in [0.29, 0.717) is 16.9 Å². The van der Waals surface area contributed by atoms with Gasteiger partial charge in [-0.15, -0.1) is 0 Å². The zero-order valence-electron chi connectivity index (χ0n) is 11.0. The first-order valence-electron chi connectivity index (χ1n) is 5.98. The fraction of sp³-hybridized carbons (Fsp3) is 0.214. The average molecular weight is 275 g/mol. The van der Waals surface area contributed by atoms with Crippen LogP contribution in [0.15, 0.2) is 41.0 Å². The molecule has 104 valence electrons. The number of carbonyl (C=O) groups is 1. The predicted octanol–water partition coefficient (Wildman–Crippen LogP) is 3.41. The Labute approximate surface area is 115 Å². The number of furan rings is 1. The molecule has 1 unspecified atom stereocenters. The predicted molar refractivity (Wildman–Crippen MR) is 70.4 cm³/mol. The summed E-state index contributed by atoms with van der Waals surface area (Å²) in [5, 5.41) is 10.7. The molecule has 1 heterocycles. The highest BCUT2D eigenvalue weighted by atomic mass is 16.6. The van der Waals surface area contributed by atoms with Crippen LogP contribution in [0, 0.1) is 17.0 Å². The van der Waals surface area contributed by atoms with E-state index < -0.39 is 17.0 Å². The van der Waals surface area contributed by atoms with E-state index in [9.17, 15) is 14.9 Å². The maximum absolute atomic E-state index is 11.9. The Morgan fingerprint density at radius 2 is 2.15 bits per heavy atom. The number of nitro groups is 1. The number of esters is 1. The van der Waals surface area contributed by atoms with Crippen molar-refractivity contribution in [3.8, 4) is 0 Å². The van der Waals surface area contributed by atoms with E-state index in [1.54, 1.807) is 26.0 Å². The summed E-state index contributed by atoms with van der Waals surface area (Å²) >= 11 is 0. The van der Waals surface area contributed by atoms with Gasteiger partial charge in [0, 0.05) is 12.1 Å². The van der Waals surface area contributed by atoms with Crippen molar-refractivity contribution in [2.24, 2.45) is 0 Å². The van der Waals surface area contributed by atoms with Crippen molar-refractivity contribution in [3.63, 3.8) is 0 Å². The lowest BCUT2D eigenvalue weighted by molar-refractivity contribution is -0.385. The minimum Gasteiger partial charge on any atom is -0.469 e. The van der Waals surface area contributed by atoms with Crippen LogP contribution in [0.1, 0.15) is 34.7 Å². The smallest absolute Gasteiger partial charge is 0.342 e. The summed E-state index contributed by atoms with van der Waals surface area (Å²) in [5.41, 5.74) is 0.876. The quantitative estimate of drug-likeness (QED) is 0.485. The van der Waals surface area contributed by atoms with E-state index in [1.165, 1.54) is 24.5 Å². The number of nitro benzene ring substituents is 1. The molecule has 0 spiro atoms. The number of rotatable bonds is 4. The molecular formula is C14H13NO5. The van der Waals surface area contributed by atoms with Crippen LogP contribution in [-0.4, -0.2) is 10.9 Å². The highest BCUT2D eigenvalue weighted by molar-refractivity contribution is 5.90. The summed E-state index contributed by atoms with van der Waals surface area (Å²) in [7, 11) is 0. The third-order valence-electron chi connectivity index (χ3n) is 2.91. The largest absolute Gasteiger partial charge is 0.469 e. The summed E-state index contributed by atoms with van der Waals surface area (Å²) in [6.07, 6.45) is 0.820. The molecule has 0 saturated heterocycles. The Kier molecular flexibility index (Phi) is 3.84. The first-order chi connectivity index (χ1) is 9.49. The van der Waals surface area contributed by atoms with Gasteiger partial charge in [-0.25, -0.2) is 4.79 Å². The van der Waals surface area contributed by atoms with E-state index >= 15 is 0 Å². The van der Waals surface area contributed by atoms with Crippen LogP contribution in [0.2, 0.25) is 0 Å². The van der Waals surface area contributed by atoms with E-state index in [4.69, 9.17) is 9.15 Å². The number of aryl methyl sites for hydroxylation is 1. The fourth-order valence-electron chi connectivity index (χ4n) is 1.78. The second-order valence-corrected chi connectivity index (χ2v) is 4.29. The van der Waals surface area contributed by atoms with Gasteiger partial charge in [-0.2, -0.15) is 0 Å². The van der Waals surface area contributed by atoms with Crippen molar-refractivity contribution in [1.29, 1.82) is 0 Å². The molecule has 1 aromatic heterocycles. The number of carbonyl (C=O) groups excluding carboxylic acids is 1. The lowest BCUT2D eigenvalue weighted by Crippen LogP contribution is -2.09. The number of ether oxygens (including phenoxy) is 1. The second kappa shape index (κ2) is 5.56. The number of hydrogen-bond acceptors (Lipinski definition) is 5. The molecule has 0 aliphatic heterocycles. The van der Waals surface area contributed by atoms with Crippen molar-refractivity contribution < 1.29 is 18.9 Å². The summed E-state index contributed by atoms with van der Waals surface area (Å²) in [5.74, 6) is -0.0449. The summed E-state index contributed by atoms with van der Waals surface area (Å²) in [6, 6.07) is 7.53. The summed E-state index contributed by atoms with van der Waals surface area (Å²) in [4.78, 5) is 22.1. The lowest BCUT2D eigenvalue weighted by atomic mass is 10.1. The zero-order valence-corrected chi connectivity index (χ0v) is 11.0. The van der Waals surface area contributed by atoms with Crippen molar-refractivity contribution in [1.82, 2.24) is 0 Å². The Balaban J connectivity index is 2.14. The normalized spacial score (nSPS) is 11.9. The molecule has 6 nitrogen and oxygen atoms in total. The monoisotopic (exact) mass is 275 g/mol. The first-order valence-corrected chi connectivity index (χ1v) is 5.98. The van der Waals surface area contributed by atoms with Crippen LogP contribution in [-0.2, 0) is 4.74 Å². The molecule has 0 bridgehead atoms. The van der Waals surface area contributed by atoms with Crippen LogP contribution >= 0.6 is 0 Å². The molecule has 0 radical (unpaired) electrons. The van der Waals surface area contributed by atoms with Gasteiger partial charge in [0.05, 0.1) is 11.2 Å². The van der Waals surface area contributed by atoms with Gasteiger partial charge >= 0.3 is 5.97 Å². The Morgan fingerprint density at radius 3 is 2.75 bits per heavy atom. The van der Waals surface area contributed by atoms with Crippen LogP contribution in [0.5, 0.6) is 0 Å². The van der Waals surface area contributed by atoms with Crippen LogP contribution < -0.4 is 0 Å². The van der Waals surface area contributed by atoms with Gasteiger partial charge in [-0.05, 0) is 25.5 Å².